The van der Waals surface area contributed by atoms with E-state index < -0.39 is 0 Å². The predicted octanol–water partition coefficient (Wildman–Crippen LogP) is 1.04. The van der Waals surface area contributed by atoms with Crippen molar-refractivity contribution >= 4 is 11.5 Å². The number of nitrogens with zero attached hydrogens (tertiary/aromatic N) is 4. The van der Waals surface area contributed by atoms with Crippen molar-refractivity contribution in [3.63, 3.8) is 0 Å². The van der Waals surface area contributed by atoms with Crippen LogP contribution in [0.1, 0.15) is 5.69 Å². The van der Waals surface area contributed by atoms with Gasteiger partial charge in [0.1, 0.15) is 5.82 Å². The zero-order valence-electron chi connectivity index (χ0n) is 13.7. The van der Waals surface area contributed by atoms with Crippen LogP contribution in [0.15, 0.2) is 42.6 Å². The number of nitrogens with one attached hydrogen (secondary N) is 1. The molecule has 5 heteroatoms. The first-order valence-corrected chi connectivity index (χ1v) is 8.19. The highest BCUT2D eigenvalue weighted by Crippen LogP contribution is 2.26. The molecule has 1 N–H and O–H groups in total. The number of piperazine rings is 1. The standard InChI is InChI=1S/C18H21N5/c1-14-12-17(22-10-8-21(2)9-11-22)23-18(20-14)16(13-19-23)15-6-4-3-5-7-15/h3-7,12-13H,8-11H2,1-2H3/p+1. The lowest BCUT2D eigenvalue weighted by atomic mass is 10.1. The number of hydrogen-bond acceptors (Lipinski definition) is 3. The van der Waals surface area contributed by atoms with Crippen molar-refractivity contribution in [2.45, 2.75) is 6.92 Å². The first-order valence-electron chi connectivity index (χ1n) is 8.19. The Hall–Kier alpha value is -2.40. The molecule has 5 nitrogen and oxygen atoms in total. The number of likely N-dealkylation sites (N-methyl/N-ethyl adjacent to an activating group) is 1. The summed E-state index contributed by atoms with van der Waals surface area (Å²) in [5.41, 5.74) is 4.23. The van der Waals surface area contributed by atoms with Crippen molar-refractivity contribution in [2.24, 2.45) is 0 Å². The Morgan fingerprint density at radius 1 is 1.09 bits per heavy atom. The molecule has 1 aromatic carbocycles. The lowest BCUT2D eigenvalue weighted by molar-refractivity contribution is -0.880. The van der Waals surface area contributed by atoms with Crippen molar-refractivity contribution in [1.82, 2.24) is 14.6 Å². The van der Waals surface area contributed by atoms with Gasteiger partial charge in [0, 0.05) is 17.3 Å². The van der Waals surface area contributed by atoms with E-state index in [0.29, 0.717) is 0 Å². The number of quaternary nitrogens is 1. The second kappa shape index (κ2) is 5.66. The Balaban J connectivity index is 1.82. The van der Waals surface area contributed by atoms with Crippen molar-refractivity contribution in [2.75, 3.05) is 38.1 Å². The summed E-state index contributed by atoms with van der Waals surface area (Å²) in [4.78, 5) is 8.77. The van der Waals surface area contributed by atoms with E-state index in [1.54, 1.807) is 4.90 Å². The average molecular weight is 308 g/mol. The molecule has 0 amide bonds. The number of aromatic nitrogens is 3. The summed E-state index contributed by atoms with van der Waals surface area (Å²) >= 11 is 0. The predicted molar refractivity (Wildman–Crippen MR) is 92.0 cm³/mol. The summed E-state index contributed by atoms with van der Waals surface area (Å²) in [6.45, 7) is 6.51. The molecule has 0 aliphatic carbocycles. The van der Waals surface area contributed by atoms with Gasteiger partial charge in [0.05, 0.1) is 39.4 Å². The molecule has 0 saturated carbocycles. The molecule has 3 aromatic rings. The molecule has 0 radical (unpaired) electrons. The van der Waals surface area contributed by atoms with Crippen LogP contribution in [0.4, 0.5) is 5.82 Å². The van der Waals surface area contributed by atoms with Gasteiger partial charge in [-0.1, -0.05) is 30.3 Å². The molecule has 1 aliphatic rings. The summed E-state index contributed by atoms with van der Waals surface area (Å²) in [6.07, 6.45) is 1.93. The molecule has 4 rings (SSSR count). The minimum Gasteiger partial charge on any atom is -0.345 e. The van der Waals surface area contributed by atoms with E-state index in [-0.39, 0.29) is 0 Å². The summed E-state index contributed by atoms with van der Waals surface area (Å²) in [7, 11) is 2.26. The maximum absolute atomic E-state index is 4.75. The molecule has 0 atom stereocenters. The number of aryl methyl sites for hydroxylation is 1. The zero-order chi connectivity index (χ0) is 15.8. The first kappa shape index (κ1) is 14.2. The van der Waals surface area contributed by atoms with E-state index in [2.05, 4.69) is 54.3 Å². The third-order valence-electron chi connectivity index (χ3n) is 4.61. The van der Waals surface area contributed by atoms with Crippen LogP contribution in [0.25, 0.3) is 16.8 Å². The maximum atomic E-state index is 4.75. The average Bonchev–Trinajstić information content (AvgIpc) is 2.99. The minimum absolute atomic E-state index is 0.942. The van der Waals surface area contributed by atoms with Crippen molar-refractivity contribution in [3.8, 4) is 11.1 Å². The number of benzene rings is 1. The van der Waals surface area contributed by atoms with E-state index in [1.807, 2.05) is 16.8 Å². The summed E-state index contributed by atoms with van der Waals surface area (Å²) in [5, 5.41) is 4.64. The van der Waals surface area contributed by atoms with Gasteiger partial charge in [-0.3, -0.25) is 0 Å². The quantitative estimate of drug-likeness (QED) is 0.769. The number of rotatable bonds is 2. The van der Waals surface area contributed by atoms with E-state index in [0.717, 1.165) is 54.5 Å². The Kier molecular flexibility index (Phi) is 3.50. The smallest absolute Gasteiger partial charge is 0.165 e. The number of hydrogen-bond donors (Lipinski definition) is 1. The zero-order valence-corrected chi connectivity index (χ0v) is 13.7. The van der Waals surface area contributed by atoms with E-state index >= 15 is 0 Å². The van der Waals surface area contributed by atoms with Crippen LogP contribution in [0.3, 0.4) is 0 Å². The molecular formula is C18H22N5+. The van der Waals surface area contributed by atoms with Gasteiger partial charge in [0.15, 0.2) is 5.65 Å². The highest BCUT2D eigenvalue weighted by atomic mass is 15.4. The molecule has 118 valence electrons. The Morgan fingerprint density at radius 3 is 2.57 bits per heavy atom. The van der Waals surface area contributed by atoms with Crippen LogP contribution in [0.2, 0.25) is 0 Å². The van der Waals surface area contributed by atoms with Crippen molar-refractivity contribution in [1.29, 1.82) is 0 Å². The third-order valence-corrected chi connectivity index (χ3v) is 4.61. The molecule has 0 unspecified atom stereocenters. The molecule has 1 saturated heterocycles. The minimum atomic E-state index is 0.942. The first-order chi connectivity index (χ1) is 11.2. The fourth-order valence-electron chi connectivity index (χ4n) is 3.23. The molecule has 1 aliphatic heterocycles. The number of anilines is 1. The van der Waals surface area contributed by atoms with Crippen LogP contribution in [0, 0.1) is 6.92 Å². The van der Waals surface area contributed by atoms with Crippen molar-refractivity contribution < 1.29 is 4.90 Å². The highest BCUT2D eigenvalue weighted by molar-refractivity contribution is 5.78. The highest BCUT2D eigenvalue weighted by Gasteiger charge is 2.21. The molecule has 2 aromatic heterocycles. The lowest BCUT2D eigenvalue weighted by Gasteiger charge is -2.31. The van der Waals surface area contributed by atoms with E-state index in [9.17, 15) is 0 Å². The number of fused-ring (bicyclic) bond motifs is 1. The van der Waals surface area contributed by atoms with Crippen LogP contribution in [-0.4, -0.2) is 47.8 Å². The fourth-order valence-corrected chi connectivity index (χ4v) is 3.23. The molecule has 3 heterocycles. The van der Waals surface area contributed by atoms with Gasteiger partial charge in [-0.15, -0.1) is 0 Å². The molecule has 1 fully saturated rings. The van der Waals surface area contributed by atoms with Crippen molar-refractivity contribution in [3.05, 3.63) is 48.3 Å². The SMILES string of the molecule is Cc1cc(N2CC[NH+](C)CC2)n2ncc(-c3ccccc3)c2n1. The van der Waals surface area contributed by atoms with Gasteiger partial charge in [0.25, 0.3) is 0 Å². The Morgan fingerprint density at radius 2 is 1.83 bits per heavy atom. The lowest BCUT2D eigenvalue weighted by Crippen LogP contribution is -3.12. The summed E-state index contributed by atoms with van der Waals surface area (Å²) in [5.74, 6) is 1.15. The molecule has 23 heavy (non-hydrogen) atoms. The third kappa shape index (κ3) is 2.57. The normalized spacial score (nSPS) is 16.2. The summed E-state index contributed by atoms with van der Waals surface area (Å²) < 4.78 is 2.00. The maximum Gasteiger partial charge on any atom is 0.165 e. The van der Waals surface area contributed by atoms with Gasteiger partial charge in [-0.05, 0) is 12.5 Å². The fraction of sp³-hybridized carbons (Fsp3) is 0.333. The monoisotopic (exact) mass is 308 g/mol. The van der Waals surface area contributed by atoms with Gasteiger partial charge >= 0.3 is 0 Å². The Bertz CT molecular complexity index is 816. The van der Waals surface area contributed by atoms with Gasteiger partial charge < -0.3 is 9.80 Å². The van der Waals surface area contributed by atoms with Gasteiger partial charge in [-0.25, -0.2) is 4.98 Å². The second-order valence-corrected chi connectivity index (χ2v) is 6.36. The molecular weight excluding hydrogens is 286 g/mol. The van der Waals surface area contributed by atoms with Gasteiger partial charge in [0.2, 0.25) is 0 Å². The van der Waals surface area contributed by atoms with E-state index in [4.69, 9.17) is 4.98 Å². The van der Waals surface area contributed by atoms with Crippen LogP contribution in [-0.2, 0) is 0 Å². The summed E-state index contributed by atoms with van der Waals surface area (Å²) in [6, 6.07) is 12.5. The van der Waals surface area contributed by atoms with Crippen LogP contribution in [0.5, 0.6) is 0 Å². The second-order valence-electron chi connectivity index (χ2n) is 6.36. The largest absolute Gasteiger partial charge is 0.345 e. The van der Waals surface area contributed by atoms with Crippen LogP contribution >= 0.6 is 0 Å². The van der Waals surface area contributed by atoms with Crippen LogP contribution < -0.4 is 9.80 Å². The molecule has 0 bridgehead atoms. The Labute approximate surface area is 136 Å². The topological polar surface area (TPSA) is 37.9 Å². The molecule has 0 spiro atoms. The van der Waals surface area contributed by atoms with E-state index in [1.165, 1.54) is 0 Å². The van der Waals surface area contributed by atoms with Gasteiger partial charge in [-0.2, -0.15) is 9.61 Å².